The molecule has 1 heterocycles. The van der Waals surface area contributed by atoms with Crippen LogP contribution in [-0.4, -0.2) is 23.5 Å². The molecule has 0 radical (unpaired) electrons. The van der Waals surface area contributed by atoms with Crippen LogP contribution in [0.4, 0.5) is 0 Å². The van der Waals surface area contributed by atoms with Crippen LogP contribution in [0.5, 0.6) is 0 Å². The highest BCUT2D eigenvalue weighted by molar-refractivity contribution is 8.13. The Balaban J connectivity index is 2.00. The predicted molar refractivity (Wildman–Crippen MR) is 93.7 cm³/mol. The zero-order chi connectivity index (χ0) is 14.6. The quantitative estimate of drug-likeness (QED) is 0.558. The van der Waals surface area contributed by atoms with Gasteiger partial charge in [-0.1, -0.05) is 77.5 Å². The molecule has 0 aromatic carbocycles. The van der Waals surface area contributed by atoms with Gasteiger partial charge in [0.15, 0.2) is 5.17 Å². The predicted octanol–water partition coefficient (Wildman–Crippen LogP) is 5.23. The Kier molecular flexibility index (Phi) is 10.3. The Labute approximate surface area is 130 Å². The number of nitrogens with one attached hydrogen (secondary N) is 1. The van der Waals surface area contributed by atoms with E-state index < -0.39 is 0 Å². The molecule has 0 aromatic rings. The fourth-order valence-electron chi connectivity index (χ4n) is 2.57. The third kappa shape index (κ3) is 8.18. The van der Waals surface area contributed by atoms with Gasteiger partial charge in [0.2, 0.25) is 0 Å². The van der Waals surface area contributed by atoms with Crippen LogP contribution in [0.25, 0.3) is 0 Å². The van der Waals surface area contributed by atoms with Gasteiger partial charge in [0.25, 0.3) is 0 Å². The summed E-state index contributed by atoms with van der Waals surface area (Å²) < 4.78 is 0. The monoisotopic (exact) mass is 298 g/mol. The highest BCUT2D eigenvalue weighted by atomic mass is 32.2. The first kappa shape index (κ1) is 17.9. The number of rotatable bonds is 10. The molecule has 1 aliphatic rings. The fourth-order valence-corrected chi connectivity index (χ4v) is 3.55. The van der Waals surface area contributed by atoms with Gasteiger partial charge in [-0.2, -0.15) is 0 Å². The highest BCUT2D eigenvalue weighted by Crippen LogP contribution is 2.18. The van der Waals surface area contributed by atoms with Crippen molar-refractivity contribution in [1.29, 1.82) is 0 Å². The maximum Gasteiger partial charge on any atom is 0.156 e. The first-order valence-electron chi connectivity index (χ1n) is 8.67. The number of nitrogens with zero attached hydrogens (tertiary/aromatic N) is 1. The molecule has 1 saturated heterocycles. The van der Waals surface area contributed by atoms with Gasteiger partial charge in [0, 0.05) is 18.3 Å². The van der Waals surface area contributed by atoms with E-state index in [-0.39, 0.29) is 0 Å². The summed E-state index contributed by atoms with van der Waals surface area (Å²) in [6.07, 6.45) is 12.3. The van der Waals surface area contributed by atoms with Crippen molar-refractivity contribution in [2.45, 2.75) is 84.6 Å². The van der Waals surface area contributed by atoms with Crippen molar-refractivity contribution in [2.24, 2.45) is 10.9 Å². The number of aliphatic imine (C=N–C) groups is 1. The molecule has 1 unspecified atom stereocenters. The van der Waals surface area contributed by atoms with Crippen molar-refractivity contribution in [3.63, 3.8) is 0 Å². The summed E-state index contributed by atoms with van der Waals surface area (Å²) in [5, 5.41) is 4.78. The summed E-state index contributed by atoms with van der Waals surface area (Å²) in [6, 6.07) is 0.633. The summed E-state index contributed by atoms with van der Waals surface area (Å²) in [7, 11) is 0. The molecule has 0 saturated carbocycles. The van der Waals surface area contributed by atoms with Crippen molar-refractivity contribution in [3.8, 4) is 0 Å². The van der Waals surface area contributed by atoms with Crippen LogP contribution in [0, 0.1) is 5.92 Å². The van der Waals surface area contributed by atoms with Crippen molar-refractivity contribution < 1.29 is 0 Å². The van der Waals surface area contributed by atoms with Crippen molar-refractivity contribution >= 4 is 16.9 Å². The molecule has 3 heteroatoms. The third-order valence-electron chi connectivity index (χ3n) is 4.05. The van der Waals surface area contributed by atoms with Gasteiger partial charge >= 0.3 is 0 Å². The van der Waals surface area contributed by atoms with Crippen LogP contribution in [0.2, 0.25) is 0 Å². The average Bonchev–Trinajstić information content (AvgIpc) is 2.46. The van der Waals surface area contributed by atoms with E-state index >= 15 is 0 Å². The summed E-state index contributed by atoms with van der Waals surface area (Å²) in [6.45, 7) is 7.88. The zero-order valence-corrected chi connectivity index (χ0v) is 14.6. The minimum absolute atomic E-state index is 0.633. The molecule has 1 fully saturated rings. The van der Waals surface area contributed by atoms with Crippen LogP contribution in [0.15, 0.2) is 4.99 Å². The lowest BCUT2D eigenvalue weighted by Gasteiger charge is -2.28. The first-order chi connectivity index (χ1) is 9.74. The van der Waals surface area contributed by atoms with Crippen LogP contribution >= 0.6 is 11.8 Å². The Morgan fingerprint density at radius 3 is 2.40 bits per heavy atom. The second-order valence-corrected chi connectivity index (χ2v) is 7.38. The van der Waals surface area contributed by atoms with E-state index in [0.717, 1.165) is 6.54 Å². The van der Waals surface area contributed by atoms with E-state index in [0.29, 0.717) is 12.0 Å². The van der Waals surface area contributed by atoms with Crippen LogP contribution in [0.3, 0.4) is 0 Å². The Morgan fingerprint density at radius 1 is 1.10 bits per heavy atom. The van der Waals surface area contributed by atoms with Gasteiger partial charge in [0.05, 0.1) is 0 Å². The Bertz CT molecular complexity index is 264. The van der Waals surface area contributed by atoms with Crippen molar-refractivity contribution in [3.05, 3.63) is 0 Å². The topological polar surface area (TPSA) is 24.4 Å². The molecule has 20 heavy (non-hydrogen) atoms. The third-order valence-corrected chi connectivity index (χ3v) is 5.01. The van der Waals surface area contributed by atoms with E-state index in [1.165, 1.54) is 68.7 Å². The van der Waals surface area contributed by atoms with Crippen LogP contribution < -0.4 is 5.32 Å². The lowest BCUT2D eigenvalue weighted by atomic mass is 10.0. The summed E-state index contributed by atoms with van der Waals surface area (Å²) in [5.41, 5.74) is 0. The van der Waals surface area contributed by atoms with E-state index in [9.17, 15) is 0 Å². The molecule has 0 amide bonds. The molecule has 0 aromatic heterocycles. The van der Waals surface area contributed by atoms with Crippen LogP contribution in [0.1, 0.15) is 78.6 Å². The lowest BCUT2D eigenvalue weighted by molar-refractivity contribution is 0.442. The van der Waals surface area contributed by atoms with Gasteiger partial charge in [0.1, 0.15) is 0 Å². The van der Waals surface area contributed by atoms with Gasteiger partial charge in [-0.3, -0.25) is 4.99 Å². The van der Waals surface area contributed by atoms with Gasteiger partial charge in [-0.15, -0.1) is 0 Å². The molecule has 2 nitrogen and oxygen atoms in total. The fraction of sp³-hybridized carbons (Fsp3) is 0.941. The molecule has 1 aliphatic heterocycles. The molecular formula is C17H34N2S. The zero-order valence-electron chi connectivity index (χ0n) is 13.8. The number of thioether (sulfide) groups is 1. The summed E-state index contributed by atoms with van der Waals surface area (Å²) in [4.78, 5) is 4.73. The molecule has 0 bridgehead atoms. The van der Waals surface area contributed by atoms with Gasteiger partial charge < -0.3 is 5.32 Å². The Morgan fingerprint density at radius 2 is 1.75 bits per heavy atom. The average molecular weight is 299 g/mol. The smallest absolute Gasteiger partial charge is 0.156 e. The maximum atomic E-state index is 4.73. The standard InChI is InChI=1S/C17H34N2S/c1-4-5-6-7-8-9-10-11-13-18-17-19-16(15(2)3)12-14-20-17/h15-16H,4-14H2,1-3H3,(H,18,19). The second kappa shape index (κ2) is 11.5. The molecule has 0 aliphatic carbocycles. The van der Waals surface area contributed by atoms with Gasteiger partial charge in [-0.25, -0.2) is 0 Å². The molecule has 1 N–H and O–H groups in total. The number of hydrogen-bond donors (Lipinski definition) is 1. The maximum absolute atomic E-state index is 4.73. The summed E-state index contributed by atoms with van der Waals surface area (Å²) in [5.74, 6) is 1.94. The lowest BCUT2D eigenvalue weighted by Crippen LogP contribution is -2.41. The van der Waals surface area contributed by atoms with E-state index in [2.05, 4.69) is 26.1 Å². The van der Waals surface area contributed by atoms with Crippen molar-refractivity contribution in [2.75, 3.05) is 12.3 Å². The normalized spacial score (nSPS) is 21.4. The molecular weight excluding hydrogens is 264 g/mol. The minimum atomic E-state index is 0.633. The van der Waals surface area contributed by atoms with E-state index in [4.69, 9.17) is 4.99 Å². The first-order valence-corrected chi connectivity index (χ1v) is 9.66. The van der Waals surface area contributed by atoms with Gasteiger partial charge in [-0.05, 0) is 18.8 Å². The van der Waals surface area contributed by atoms with E-state index in [1.807, 2.05) is 11.8 Å². The molecule has 118 valence electrons. The number of amidine groups is 1. The molecule has 0 spiro atoms. The minimum Gasteiger partial charge on any atom is -0.362 e. The number of unbranched alkanes of at least 4 members (excludes halogenated alkanes) is 7. The SMILES string of the molecule is CCCCCCCCCCN=C1NC(C(C)C)CCS1. The molecule has 1 atom stereocenters. The van der Waals surface area contributed by atoms with Crippen molar-refractivity contribution in [1.82, 2.24) is 5.32 Å². The summed E-state index contributed by atoms with van der Waals surface area (Å²) >= 11 is 1.90. The Hall–Kier alpha value is -0.180. The van der Waals surface area contributed by atoms with Crippen LogP contribution in [-0.2, 0) is 0 Å². The number of hydrogen-bond acceptors (Lipinski definition) is 2. The van der Waals surface area contributed by atoms with E-state index in [1.54, 1.807) is 0 Å². The largest absolute Gasteiger partial charge is 0.362 e. The second-order valence-electron chi connectivity index (χ2n) is 6.29. The highest BCUT2D eigenvalue weighted by Gasteiger charge is 2.19. The molecule has 1 rings (SSSR count).